The average molecular weight is 399 g/mol. The molecule has 0 saturated carbocycles. The van der Waals surface area contributed by atoms with Crippen LogP contribution in [-0.2, 0) is 0 Å². The summed E-state index contributed by atoms with van der Waals surface area (Å²) < 4.78 is 0.985. The van der Waals surface area contributed by atoms with Crippen LogP contribution in [0.5, 0.6) is 0 Å². The molecule has 1 aliphatic rings. The number of nitriles is 1. The SMILES string of the molecule is N#CC(c1cccc(Br)c1)N1CCN(c2ccc(C(N)=O)cc2)CC1. The molecule has 0 aromatic heterocycles. The molecule has 25 heavy (non-hydrogen) atoms. The first-order chi connectivity index (χ1) is 12.1. The second-order valence-corrected chi connectivity index (χ2v) is 6.94. The number of nitrogens with zero attached hydrogens (tertiary/aromatic N) is 3. The Bertz CT molecular complexity index is 792. The summed E-state index contributed by atoms with van der Waals surface area (Å²) in [4.78, 5) is 15.6. The van der Waals surface area contributed by atoms with E-state index in [-0.39, 0.29) is 6.04 Å². The number of halogens is 1. The number of carbonyl (C=O) groups excluding carboxylic acids is 1. The molecule has 1 unspecified atom stereocenters. The van der Waals surface area contributed by atoms with Gasteiger partial charge >= 0.3 is 0 Å². The Balaban J connectivity index is 1.66. The maximum Gasteiger partial charge on any atom is 0.248 e. The molecule has 0 bridgehead atoms. The molecule has 1 atom stereocenters. The normalized spacial score (nSPS) is 16.2. The first-order valence-electron chi connectivity index (χ1n) is 8.12. The molecular formula is C19H19BrN4O. The van der Waals surface area contributed by atoms with Gasteiger partial charge in [0.2, 0.25) is 5.91 Å². The molecule has 1 saturated heterocycles. The molecule has 1 aliphatic heterocycles. The lowest BCUT2D eigenvalue weighted by Gasteiger charge is -2.38. The smallest absolute Gasteiger partial charge is 0.248 e. The highest BCUT2D eigenvalue weighted by Gasteiger charge is 2.25. The van der Waals surface area contributed by atoms with E-state index in [1.165, 1.54) is 0 Å². The topological polar surface area (TPSA) is 73.4 Å². The lowest BCUT2D eigenvalue weighted by molar-refractivity contribution is 0.100. The average Bonchev–Trinajstić information content (AvgIpc) is 2.63. The van der Waals surface area contributed by atoms with Crippen LogP contribution in [0.15, 0.2) is 53.0 Å². The van der Waals surface area contributed by atoms with E-state index in [0.717, 1.165) is 41.9 Å². The number of rotatable bonds is 4. The molecule has 128 valence electrons. The van der Waals surface area contributed by atoms with E-state index in [1.54, 1.807) is 12.1 Å². The molecule has 1 fully saturated rings. The monoisotopic (exact) mass is 398 g/mol. The van der Waals surface area contributed by atoms with Crippen molar-refractivity contribution in [1.29, 1.82) is 5.26 Å². The van der Waals surface area contributed by atoms with Crippen molar-refractivity contribution in [2.24, 2.45) is 5.73 Å². The van der Waals surface area contributed by atoms with Crippen molar-refractivity contribution in [2.45, 2.75) is 6.04 Å². The third-order valence-electron chi connectivity index (χ3n) is 4.48. The van der Waals surface area contributed by atoms with E-state index in [9.17, 15) is 10.1 Å². The summed E-state index contributed by atoms with van der Waals surface area (Å²) in [5.74, 6) is -0.415. The number of primary amides is 1. The van der Waals surface area contributed by atoms with Crippen molar-refractivity contribution >= 4 is 27.5 Å². The van der Waals surface area contributed by atoms with Crippen LogP contribution in [0.3, 0.4) is 0 Å². The van der Waals surface area contributed by atoms with Gasteiger partial charge in [0, 0.05) is 41.9 Å². The van der Waals surface area contributed by atoms with Crippen LogP contribution in [0.25, 0.3) is 0 Å². The largest absolute Gasteiger partial charge is 0.369 e. The standard InChI is InChI=1S/C19H19BrN4O/c20-16-3-1-2-15(12-16)18(13-21)24-10-8-23(9-11-24)17-6-4-14(5-7-17)19(22)25/h1-7,12,18H,8-11H2,(H2,22,25). The van der Waals surface area contributed by atoms with Crippen LogP contribution in [0.2, 0.25) is 0 Å². The van der Waals surface area contributed by atoms with Gasteiger partial charge in [-0.3, -0.25) is 9.69 Å². The lowest BCUT2D eigenvalue weighted by Crippen LogP contribution is -2.47. The third kappa shape index (κ3) is 4.01. The summed E-state index contributed by atoms with van der Waals surface area (Å²) in [6.07, 6.45) is 0. The molecule has 1 amide bonds. The Labute approximate surface area is 155 Å². The van der Waals surface area contributed by atoms with Crippen LogP contribution in [0, 0.1) is 11.3 Å². The van der Waals surface area contributed by atoms with Crippen LogP contribution < -0.4 is 10.6 Å². The summed E-state index contributed by atoms with van der Waals surface area (Å²) in [5, 5.41) is 9.62. The highest BCUT2D eigenvalue weighted by Crippen LogP contribution is 2.25. The molecule has 3 rings (SSSR count). The maximum absolute atomic E-state index is 11.2. The van der Waals surface area contributed by atoms with Gasteiger partial charge < -0.3 is 10.6 Å². The molecule has 0 radical (unpaired) electrons. The quantitative estimate of drug-likeness (QED) is 0.858. The first kappa shape index (κ1) is 17.5. The minimum Gasteiger partial charge on any atom is -0.369 e. The van der Waals surface area contributed by atoms with Crippen molar-refractivity contribution in [3.63, 3.8) is 0 Å². The molecule has 6 heteroatoms. The summed E-state index contributed by atoms with van der Waals surface area (Å²) >= 11 is 3.47. The third-order valence-corrected chi connectivity index (χ3v) is 4.98. The van der Waals surface area contributed by atoms with E-state index in [0.29, 0.717) is 5.56 Å². The van der Waals surface area contributed by atoms with E-state index in [4.69, 9.17) is 5.73 Å². The fraction of sp³-hybridized carbons (Fsp3) is 0.263. The lowest BCUT2D eigenvalue weighted by atomic mass is 10.1. The zero-order chi connectivity index (χ0) is 17.8. The fourth-order valence-corrected chi connectivity index (χ4v) is 3.54. The Morgan fingerprint density at radius 1 is 1.12 bits per heavy atom. The number of nitrogens with two attached hydrogens (primary N) is 1. The molecule has 0 aliphatic carbocycles. The second-order valence-electron chi connectivity index (χ2n) is 6.02. The van der Waals surface area contributed by atoms with Crippen LogP contribution in [0.1, 0.15) is 22.0 Å². The van der Waals surface area contributed by atoms with Gasteiger partial charge in [-0.2, -0.15) is 5.26 Å². The summed E-state index contributed by atoms with van der Waals surface area (Å²) in [7, 11) is 0. The predicted molar refractivity (Wildman–Crippen MR) is 101 cm³/mol. The van der Waals surface area contributed by atoms with Gasteiger partial charge in [-0.05, 0) is 42.0 Å². The van der Waals surface area contributed by atoms with Crippen LogP contribution in [0.4, 0.5) is 5.69 Å². The van der Waals surface area contributed by atoms with Gasteiger partial charge in [0.25, 0.3) is 0 Å². The summed E-state index contributed by atoms with van der Waals surface area (Å²) in [6, 6.07) is 17.5. The summed E-state index contributed by atoms with van der Waals surface area (Å²) in [5.41, 5.74) is 7.88. The van der Waals surface area contributed by atoms with Gasteiger partial charge in [-0.15, -0.1) is 0 Å². The minimum atomic E-state index is -0.415. The van der Waals surface area contributed by atoms with Gasteiger partial charge in [0.15, 0.2) is 0 Å². The fourth-order valence-electron chi connectivity index (χ4n) is 3.12. The molecule has 1 heterocycles. The van der Waals surface area contributed by atoms with E-state index in [1.807, 2.05) is 36.4 Å². The van der Waals surface area contributed by atoms with Gasteiger partial charge in [-0.25, -0.2) is 0 Å². The molecule has 5 nitrogen and oxygen atoms in total. The van der Waals surface area contributed by atoms with Crippen LogP contribution >= 0.6 is 15.9 Å². The number of carbonyl (C=O) groups is 1. The Morgan fingerprint density at radius 2 is 1.80 bits per heavy atom. The number of hydrogen-bond acceptors (Lipinski definition) is 4. The van der Waals surface area contributed by atoms with Gasteiger partial charge in [0.1, 0.15) is 6.04 Å². The van der Waals surface area contributed by atoms with E-state index < -0.39 is 5.91 Å². The second kappa shape index (κ2) is 7.68. The van der Waals surface area contributed by atoms with Crippen molar-refractivity contribution in [3.8, 4) is 6.07 Å². The van der Waals surface area contributed by atoms with Gasteiger partial charge in [-0.1, -0.05) is 28.1 Å². The van der Waals surface area contributed by atoms with Crippen molar-refractivity contribution in [2.75, 3.05) is 31.1 Å². The zero-order valence-corrected chi connectivity index (χ0v) is 15.3. The predicted octanol–water partition coefficient (Wildman–Crippen LogP) is 2.93. The molecule has 2 aromatic carbocycles. The highest BCUT2D eigenvalue weighted by molar-refractivity contribution is 9.10. The Morgan fingerprint density at radius 3 is 2.36 bits per heavy atom. The van der Waals surface area contributed by atoms with Gasteiger partial charge in [0.05, 0.1) is 6.07 Å². The highest BCUT2D eigenvalue weighted by atomic mass is 79.9. The minimum absolute atomic E-state index is 0.239. The maximum atomic E-state index is 11.2. The van der Waals surface area contributed by atoms with Crippen molar-refractivity contribution < 1.29 is 4.79 Å². The molecule has 2 aromatic rings. The molecular weight excluding hydrogens is 380 g/mol. The number of benzene rings is 2. The number of amides is 1. The number of hydrogen-bond donors (Lipinski definition) is 1. The van der Waals surface area contributed by atoms with Crippen LogP contribution in [-0.4, -0.2) is 37.0 Å². The number of anilines is 1. The van der Waals surface area contributed by atoms with E-state index in [2.05, 4.69) is 31.8 Å². The van der Waals surface area contributed by atoms with E-state index >= 15 is 0 Å². The van der Waals surface area contributed by atoms with Crippen molar-refractivity contribution in [1.82, 2.24) is 4.90 Å². The first-order valence-corrected chi connectivity index (χ1v) is 8.92. The molecule has 0 spiro atoms. The zero-order valence-electron chi connectivity index (χ0n) is 13.7. The summed E-state index contributed by atoms with van der Waals surface area (Å²) in [6.45, 7) is 3.29. The Kier molecular flexibility index (Phi) is 5.37. The number of piperazine rings is 1. The van der Waals surface area contributed by atoms with Crippen molar-refractivity contribution in [3.05, 3.63) is 64.1 Å². The molecule has 2 N–H and O–H groups in total. The Hall–Kier alpha value is -2.36.